The number of rotatable bonds is 2. The summed E-state index contributed by atoms with van der Waals surface area (Å²) < 4.78 is 27.0. The first kappa shape index (κ1) is 13.2. The van der Waals surface area contributed by atoms with E-state index in [1.807, 2.05) is 23.1 Å². The molecule has 0 spiro atoms. The van der Waals surface area contributed by atoms with Crippen molar-refractivity contribution in [2.24, 2.45) is 0 Å². The topological polar surface area (TPSA) is 29.3 Å². The van der Waals surface area contributed by atoms with Crippen LogP contribution in [-0.4, -0.2) is 12.3 Å². The summed E-state index contributed by atoms with van der Waals surface area (Å²) in [5.41, 5.74) is 7.85. The molecule has 0 aliphatic carbocycles. The average molecular weight is 292 g/mol. The van der Waals surface area contributed by atoms with Gasteiger partial charge in [-0.3, -0.25) is 0 Å². The summed E-state index contributed by atoms with van der Waals surface area (Å²) in [6.45, 7) is 1.14. The van der Waals surface area contributed by atoms with E-state index in [0.29, 0.717) is 17.8 Å². The van der Waals surface area contributed by atoms with Crippen molar-refractivity contribution in [1.82, 2.24) is 0 Å². The molecule has 0 radical (unpaired) electrons. The molecule has 20 heavy (non-hydrogen) atoms. The van der Waals surface area contributed by atoms with Gasteiger partial charge in [0.15, 0.2) is 0 Å². The lowest BCUT2D eigenvalue weighted by Crippen LogP contribution is -2.29. The second kappa shape index (κ2) is 5.32. The van der Waals surface area contributed by atoms with Crippen molar-refractivity contribution >= 4 is 23.1 Å². The highest BCUT2D eigenvalue weighted by atomic mass is 32.2. The average Bonchev–Trinajstić information content (AvgIpc) is 2.43. The van der Waals surface area contributed by atoms with Crippen LogP contribution in [0.15, 0.2) is 41.3 Å². The van der Waals surface area contributed by atoms with Crippen molar-refractivity contribution in [3.63, 3.8) is 0 Å². The number of anilines is 2. The zero-order valence-corrected chi connectivity index (χ0v) is 11.6. The van der Waals surface area contributed by atoms with Crippen LogP contribution in [-0.2, 0) is 6.54 Å². The van der Waals surface area contributed by atoms with E-state index >= 15 is 0 Å². The summed E-state index contributed by atoms with van der Waals surface area (Å²) in [6, 6.07) is 9.28. The van der Waals surface area contributed by atoms with Crippen molar-refractivity contribution in [2.75, 3.05) is 22.9 Å². The third-order valence-corrected chi connectivity index (χ3v) is 4.35. The number of hydrogen-bond donors (Lipinski definition) is 1. The molecule has 1 aliphatic rings. The third-order valence-electron chi connectivity index (χ3n) is 3.31. The number of benzene rings is 2. The van der Waals surface area contributed by atoms with E-state index in [1.54, 1.807) is 11.8 Å². The molecule has 0 fully saturated rings. The van der Waals surface area contributed by atoms with Gasteiger partial charge in [0.05, 0.1) is 5.69 Å². The van der Waals surface area contributed by atoms with Gasteiger partial charge in [0.1, 0.15) is 11.6 Å². The molecule has 2 N–H and O–H groups in total. The van der Waals surface area contributed by atoms with Crippen LogP contribution in [0.5, 0.6) is 0 Å². The Labute approximate surface area is 120 Å². The number of nitrogens with zero attached hydrogens (tertiary/aromatic N) is 1. The van der Waals surface area contributed by atoms with Gasteiger partial charge in [-0.1, -0.05) is 0 Å². The molecular formula is C15H14F2N2S. The van der Waals surface area contributed by atoms with Gasteiger partial charge in [0.25, 0.3) is 0 Å². The summed E-state index contributed by atoms with van der Waals surface area (Å²) >= 11 is 1.75. The number of thioether (sulfide) groups is 1. The Morgan fingerprint density at radius 3 is 2.85 bits per heavy atom. The van der Waals surface area contributed by atoms with Crippen LogP contribution < -0.4 is 10.6 Å². The van der Waals surface area contributed by atoms with Gasteiger partial charge >= 0.3 is 0 Å². The maximum Gasteiger partial charge on any atom is 0.128 e. The highest BCUT2D eigenvalue weighted by Gasteiger charge is 2.19. The number of nitrogen functional groups attached to an aromatic ring is 1. The van der Waals surface area contributed by atoms with Gasteiger partial charge in [0.2, 0.25) is 0 Å². The van der Waals surface area contributed by atoms with Gasteiger partial charge in [-0.2, -0.15) is 0 Å². The molecule has 0 amide bonds. The van der Waals surface area contributed by atoms with Gasteiger partial charge in [0, 0.05) is 35.0 Å². The van der Waals surface area contributed by atoms with Gasteiger partial charge in [-0.15, -0.1) is 11.8 Å². The largest absolute Gasteiger partial charge is 0.399 e. The van der Waals surface area contributed by atoms with E-state index in [1.165, 1.54) is 12.1 Å². The van der Waals surface area contributed by atoms with E-state index in [-0.39, 0.29) is 5.82 Å². The Bertz CT molecular complexity index is 646. The summed E-state index contributed by atoms with van der Waals surface area (Å²) in [5, 5.41) is 0. The first-order valence-corrected chi connectivity index (χ1v) is 7.33. The predicted octanol–water partition coefficient (Wildman–Crippen LogP) is 3.66. The van der Waals surface area contributed by atoms with E-state index < -0.39 is 5.82 Å². The normalized spacial score (nSPS) is 14.2. The van der Waals surface area contributed by atoms with Gasteiger partial charge < -0.3 is 10.6 Å². The molecule has 104 valence electrons. The van der Waals surface area contributed by atoms with Crippen molar-refractivity contribution in [2.45, 2.75) is 11.4 Å². The SMILES string of the molecule is Nc1ccc2c(c1)N(Cc1cc(F)ccc1F)CCS2. The van der Waals surface area contributed by atoms with Crippen LogP contribution in [0.3, 0.4) is 0 Å². The first-order chi connectivity index (χ1) is 9.63. The fraction of sp³-hybridized carbons (Fsp3) is 0.200. The summed E-state index contributed by atoms with van der Waals surface area (Å²) in [5.74, 6) is 0.129. The molecule has 2 aromatic carbocycles. The number of hydrogen-bond acceptors (Lipinski definition) is 3. The fourth-order valence-electron chi connectivity index (χ4n) is 2.32. The second-order valence-electron chi connectivity index (χ2n) is 4.73. The highest BCUT2D eigenvalue weighted by molar-refractivity contribution is 7.99. The molecule has 1 aliphatic heterocycles. The van der Waals surface area contributed by atoms with Crippen LogP contribution in [0.25, 0.3) is 0 Å². The summed E-state index contributed by atoms with van der Waals surface area (Å²) in [6.07, 6.45) is 0. The van der Waals surface area contributed by atoms with Gasteiger partial charge in [-0.25, -0.2) is 8.78 Å². The minimum absolute atomic E-state index is 0.348. The van der Waals surface area contributed by atoms with E-state index in [4.69, 9.17) is 5.73 Å². The van der Waals surface area contributed by atoms with Crippen molar-refractivity contribution in [1.29, 1.82) is 0 Å². The minimum Gasteiger partial charge on any atom is -0.399 e. The Morgan fingerprint density at radius 1 is 1.15 bits per heavy atom. The van der Waals surface area contributed by atoms with Crippen LogP contribution in [0.1, 0.15) is 5.56 Å². The zero-order valence-electron chi connectivity index (χ0n) is 10.8. The lowest BCUT2D eigenvalue weighted by Gasteiger charge is -2.31. The molecular weight excluding hydrogens is 278 g/mol. The first-order valence-electron chi connectivity index (χ1n) is 6.35. The van der Waals surface area contributed by atoms with Crippen LogP contribution >= 0.6 is 11.8 Å². The molecule has 0 saturated heterocycles. The Morgan fingerprint density at radius 2 is 2.00 bits per heavy atom. The maximum atomic E-state index is 13.8. The Kier molecular flexibility index (Phi) is 3.53. The van der Waals surface area contributed by atoms with Crippen molar-refractivity contribution in [3.05, 3.63) is 53.6 Å². The van der Waals surface area contributed by atoms with Crippen molar-refractivity contribution < 1.29 is 8.78 Å². The molecule has 0 unspecified atom stereocenters. The van der Waals surface area contributed by atoms with Crippen LogP contribution in [0, 0.1) is 11.6 Å². The molecule has 0 atom stereocenters. The second-order valence-corrected chi connectivity index (χ2v) is 5.87. The monoisotopic (exact) mass is 292 g/mol. The quantitative estimate of drug-likeness (QED) is 0.857. The van der Waals surface area contributed by atoms with Gasteiger partial charge in [-0.05, 0) is 36.4 Å². The molecule has 2 nitrogen and oxygen atoms in total. The zero-order chi connectivity index (χ0) is 14.1. The molecule has 5 heteroatoms. The smallest absolute Gasteiger partial charge is 0.128 e. The minimum atomic E-state index is -0.416. The Balaban J connectivity index is 1.93. The number of nitrogens with two attached hydrogens (primary N) is 1. The lowest BCUT2D eigenvalue weighted by atomic mass is 10.1. The molecule has 0 bridgehead atoms. The highest BCUT2D eigenvalue weighted by Crippen LogP contribution is 2.36. The molecule has 0 saturated carbocycles. The van der Waals surface area contributed by atoms with E-state index in [2.05, 4.69) is 0 Å². The van der Waals surface area contributed by atoms with E-state index in [0.717, 1.165) is 28.9 Å². The fourth-order valence-corrected chi connectivity index (χ4v) is 3.36. The standard InChI is InChI=1S/C15H14F2N2S/c16-11-1-3-13(17)10(7-11)9-19-5-6-20-15-4-2-12(18)8-14(15)19/h1-4,7-8H,5-6,9,18H2. The predicted molar refractivity (Wildman–Crippen MR) is 79.0 cm³/mol. The third kappa shape index (κ3) is 2.58. The molecule has 1 heterocycles. The number of fused-ring (bicyclic) bond motifs is 1. The molecule has 2 aromatic rings. The summed E-state index contributed by atoms with van der Waals surface area (Å²) in [7, 11) is 0. The van der Waals surface area contributed by atoms with Crippen molar-refractivity contribution in [3.8, 4) is 0 Å². The summed E-state index contributed by atoms with van der Waals surface area (Å²) in [4.78, 5) is 3.17. The Hall–Kier alpha value is -1.75. The van der Waals surface area contributed by atoms with E-state index in [9.17, 15) is 8.78 Å². The number of halogens is 2. The van der Waals surface area contributed by atoms with Crippen LogP contribution in [0.4, 0.5) is 20.2 Å². The molecule has 3 rings (SSSR count). The van der Waals surface area contributed by atoms with Crippen LogP contribution in [0.2, 0.25) is 0 Å². The maximum absolute atomic E-state index is 13.8. The molecule has 0 aromatic heterocycles. The lowest BCUT2D eigenvalue weighted by molar-refractivity contribution is 0.581.